The van der Waals surface area contributed by atoms with Gasteiger partial charge in [0.15, 0.2) is 0 Å². The molecule has 1 aliphatic heterocycles. The molecule has 4 heterocycles. The molecule has 1 saturated heterocycles. The van der Waals surface area contributed by atoms with E-state index in [2.05, 4.69) is 26.3 Å². The van der Waals surface area contributed by atoms with Gasteiger partial charge in [-0.05, 0) is 36.4 Å². The number of piperidine rings is 1. The number of thiophene rings is 1. The number of pyridine rings is 1. The van der Waals surface area contributed by atoms with Crippen LogP contribution in [0.5, 0.6) is 0 Å². The molecule has 6 nitrogen and oxygen atoms in total. The van der Waals surface area contributed by atoms with Gasteiger partial charge >= 0.3 is 0 Å². The molecule has 1 fully saturated rings. The minimum Gasteiger partial charge on any atom is -0.355 e. The van der Waals surface area contributed by atoms with E-state index in [1.807, 2.05) is 22.9 Å². The molecule has 27 heavy (non-hydrogen) atoms. The molecule has 8 heteroatoms. The first kappa shape index (κ1) is 17.6. The smallest absolute Gasteiger partial charge is 0.270 e. The summed E-state index contributed by atoms with van der Waals surface area (Å²) >= 11 is 3.11. The van der Waals surface area contributed by atoms with Crippen LogP contribution in [0.1, 0.15) is 28.9 Å². The number of nitriles is 1. The number of nitrogens with zero attached hydrogens (tertiary/aromatic N) is 4. The van der Waals surface area contributed by atoms with E-state index in [0.29, 0.717) is 11.3 Å². The van der Waals surface area contributed by atoms with Crippen LogP contribution in [0, 0.1) is 11.3 Å². The van der Waals surface area contributed by atoms with Gasteiger partial charge in [0.2, 0.25) is 0 Å². The summed E-state index contributed by atoms with van der Waals surface area (Å²) in [4.78, 5) is 24.5. The number of thiazole rings is 1. The Kier molecular flexibility index (Phi) is 5.14. The summed E-state index contributed by atoms with van der Waals surface area (Å²) in [5, 5.41) is 17.0. The van der Waals surface area contributed by atoms with E-state index >= 15 is 0 Å². The van der Waals surface area contributed by atoms with Crippen LogP contribution in [0.4, 0.5) is 5.82 Å². The van der Waals surface area contributed by atoms with Crippen molar-refractivity contribution >= 4 is 34.4 Å². The van der Waals surface area contributed by atoms with Crippen molar-refractivity contribution in [2.75, 3.05) is 18.0 Å². The lowest BCUT2D eigenvalue weighted by atomic mass is 10.0. The van der Waals surface area contributed by atoms with E-state index in [-0.39, 0.29) is 11.9 Å². The third-order valence-electron chi connectivity index (χ3n) is 4.51. The molecular formula is C19H17N5OS2. The molecule has 0 atom stereocenters. The van der Waals surface area contributed by atoms with Crippen molar-refractivity contribution < 1.29 is 4.79 Å². The molecule has 3 aromatic rings. The Bertz CT molecular complexity index is 968. The average molecular weight is 396 g/mol. The summed E-state index contributed by atoms with van der Waals surface area (Å²) in [6, 6.07) is 9.84. The Labute approximate surface area is 165 Å². The molecule has 0 unspecified atom stereocenters. The van der Waals surface area contributed by atoms with E-state index in [4.69, 9.17) is 0 Å². The first-order chi connectivity index (χ1) is 13.2. The largest absolute Gasteiger partial charge is 0.355 e. The summed E-state index contributed by atoms with van der Waals surface area (Å²) in [6.45, 7) is 1.52. The van der Waals surface area contributed by atoms with Crippen molar-refractivity contribution in [1.29, 1.82) is 5.26 Å². The van der Waals surface area contributed by atoms with Crippen LogP contribution in [0.2, 0.25) is 0 Å². The fourth-order valence-electron chi connectivity index (χ4n) is 3.12. The zero-order valence-corrected chi connectivity index (χ0v) is 16.1. The summed E-state index contributed by atoms with van der Waals surface area (Å²) in [5.41, 5.74) is 1.06. The van der Waals surface area contributed by atoms with Crippen LogP contribution in [0.3, 0.4) is 0 Å². The van der Waals surface area contributed by atoms with Crippen LogP contribution >= 0.6 is 22.7 Å². The zero-order valence-electron chi connectivity index (χ0n) is 14.5. The van der Waals surface area contributed by atoms with Crippen LogP contribution in [0.15, 0.2) is 41.2 Å². The van der Waals surface area contributed by atoms with E-state index < -0.39 is 0 Å². The van der Waals surface area contributed by atoms with Gasteiger partial charge in [-0.3, -0.25) is 4.79 Å². The Morgan fingerprint density at radius 2 is 2.11 bits per heavy atom. The summed E-state index contributed by atoms with van der Waals surface area (Å²) < 4.78 is 0. The minimum absolute atomic E-state index is 0.106. The Hall–Kier alpha value is -2.76. The molecule has 0 bridgehead atoms. The van der Waals surface area contributed by atoms with Gasteiger partial charge in [-0.2, -0.15) is 5.26 Å². The Morgan fingerprint density at radius 1 is 1.26 bits per heavy atom. The summed E-state index contributed by atoms with van der Waals surface area (Å²) in [5.74, 6) is 0.605. The van der Waals surface area contributed by atoms with Gasteiger partial charge in [-0.15, -0.1) is 22.7 Å². The fourth-order valence-corrected chi connectivity index (χ4v) is 4.74. The molecule has 4 rings (SSSR count). The van der Waals surface area contributed by atoms with Crippen LogP contribution in [0.25, 0.3) is 9.88 Å². The second-order valence-corrected chi connectivity index (χ2v) is 8.04. The first-order valence-corrected chi connectivity index (χ1v) is 10.4. The van der Waals surface area contributed by atoms with Gasteiger partial charge in [0.25, 0.3) is 5.91 Å². The number of anilines is 1. The van der Waals surface area contributed by atoms with Gasteiger partial charge in [0.05, 0.1) is 10.4 Å². The second kappa shape index (κ2) is 7.86. The standard InChI is InChI=1S/C19H17N5OS2/c20-11-13-3-1-7-21-17(13)24-8-5-14(6-9-24)22-18(25)15-12-27-19(23-15)16-4-2-10-26-16/h1-4,7,10,12,14H,5-6,8-9H2,(H,22,25). The zero-order chi connectivity index (χ0) is 18.6. The van der Waals surface area contributed by atoms with Crippen LogP contribution < -0.4 is 10.2 Å². The summed E-state index contributed by atoms with van der Waals surface area (Å²) in [6.07, 6.45) is 3.33. The highest BCUT2D eigenvalue weighted by molar-refractivity contribution is 7.20. The Morgan fingerprint density at radius 3 is 2.85 bits per heavy atom. The molecule has 136 valence electrons. The number of carbonyl (C=O) groups excluding carboxylic acids is 1. The number of nitrogens with one attached hydrogen (secondary N) is 1. The number of aromatic nitrogens is 2. The minimum atomic E-state index is -0.122. The predicted molar refractivity (Wildman–Crippen MR) is 107 cm³/mol. The first-order valence-electron chi connectivity index (χ1n) is 8.65. The molecule has 3 aromatic heterocycles. The maximum absolute atomic E-state index is 12.5. The normalized spacial score (nSPS) is 14.7. The molecule has 0 radical (unpaired) electrons. The van der Waals surface area contributed by atoms with Gasteiger partial charge < -0.3 is 10.2 Å². The van der Waals surface area contributed by atoms with Crippen molar-refractivity contribution in [3.63, 3.8) is 0 Å². The van der Waals surface area contributed by atoms with Crippen molar-refractivity contribution in [2.45, 2.75) is 18.9 Å². The summed E-state index contributed by atoms with van der Waals surface area (Å²) in [7, 11) is 0. The number of hydrogen-bond acceptors (Lipinski definition) is 7. The lowest BCUT2D eigenvalue weighted by Crippen LogP contribution is -2.45. The van der Waals surface area contributed by atoms with Gasteiger partial charge in [0.1, 0.15) is 22.6 Å². The highest BCUT2D eigenvalue weighted by atomic mass is 32.1. The third-order valence-corrected chi connectivity index (χ3v) is 6.39. The molecule has 0 aromatic carbocycles. The van der Waals surface area contributed by atoms with E-state index in [9.17, 15) is 10.1 Å². The van der Waals surface area contributed by atoms with Gasteiger partial charge in [-0.1, -0.05) is 6.07 Å². The number of rotatable bonds is 4. The molecule has 0 spiro atoms. The van der Waals surface area contributed by atoms with E-state index in [0.717, 1.165) is 41.6 Å². The predicted octanol–water partition coefficient (Wildman–Crippen LogP) is 3.54. The molecule has 1 amide bonds. The average Bonchev–Trinajstić information content (AvgIpc) is 3.40. The van der Waals surface area contributed by atoms with Gasteiger partial charge in [0, 0.05) is 30.7 Å². The molecule has 1 aliphatic rings. The van der Waals surface area contributed by atoms with Crippen molar-refractivity contribution in [3.8, 4) is 16.0 Å². The third kappa shape index (κ3) is 3.84. The number of hydrogen-bond donors (Lipinski definition) is 1. The highest BCUT2D eigenvalue weighted by Crippen LogP contribution is 2.28. The van der Waals surface area contributed by atoms with Crippen molar-refractivity contribution in [1.82, 2.24) is 15.3 Å². The molecule has 0 aliphatic carbocycles. The van der Waals surface area contributed by atoms with Crippen LogP contribution in [-0.2, 0) is 0 Å². The van der Waals surface area contributed by atoms with Gasteiger partial charge in [-0.25, -0.2) is 9.97 Å². The lowest BCUT2D eigenvalue weighted by Gasteiger charge is -2.33. The van der Waals surface area contributed by atoms with Crippen molar-refractivity contribution in [3.05, 3.63) is 52.5 Å². The molecule has 1 N–H and O–H groups in total. The number of amides is 1. The molecular weight excluding hydrogens is 378 g/mol. The maximum atomic E-state index is 12.5. The highest BCUT2D eigenvalue weighted by Gasteiger charge is 2.24. The quantitative estimate of drug-likeness (QED) is 0.731. The van der Waals surface area contributed by atoms with E-state index in [1.165, 1.54) is 11.3 Å². The number of carbonyl (C=O) groups is 1. The van der Waals surface area contributed by atoms with Crippen molar-refractivity contribution in [2.24, 2.45) is 0 Å². The fraction of sp³-hybridized carbons (Fsp3) is 0.263. The van der Waals surface area contributed by atoms with Crippen LogP contribution in [-0.4, -0.2) is 35.0 Å². The Balaban J connectivity index is 1.35. The monoisotopic (exact) mass is 395 g/mol. The second-order valence-electron chi connectivity index (χ2n) is 6.24. The topological polar surface area (TPSA) is 81.9 Å². The molecule has 0 saturated carbocycles. The lowest BCUT2D eigenvalue weighted by molar-refractivity contribution is 0.0927. The van der Waals surface area contributed by atoms with E-state index in [1.54, 1.807) is 29.7 Å². The SMILES string of the molecule is N#Cc1cccnc1N1CCC(NC(=O)c2csc(-c3cccs3)n2)CC1. The maximum Gasteiger partial charge on any atom is 0.270 e.